The molecule has 0 bridgehead atoms. The number of halogens is 1. The molecule has 3 nitrogen and oxygen atoms in total. The molecule has 0 unspecified atom stereocenters. The molecule has 2 aliphatic carbocycles. The minimum absolute atomic E-state index is 0.0923. The normalized spacial score (nSPS) is 19.4. The van der Waals surface area contributed by atoms with E-state index in [-0.39, 0.29) is 11.4 Å². The third-order valence-corrected chi connectivity index (χ3v) is 5.44. The number of nitrogens with zero attached hydrogens (tertiary/aromatic N) is 1. The van der Waals surface area contributed by atoms with E-state index in [1.165, 1.54) is 24.8 Å². The predicted octanol–water partition coefficient (Wildman–Crippen LogP) is 4.20. The number of carbonyl (C=O) groups excluding carboxylic acids is 1. The summed E-state index contributed by atoms with van der Waals surface area (Å²) >= 11 is 5.99. The summed E-state index contributed by atoms with van der Waals surface area (Å²) in [6.45, 7) is 4.49. The Labute approximate surface area is 138 Å². The molecule has 1 aromatic carbocycles. The van der Waals surface area contributed by atoms with Gasteiger partial charge in [-0.15, -0.1) is 0 Å². The van der Waals surface area contributed by atoms with Gasteiger partial charge in [0.25, 0.3) is 0 Å². The lowest BCUT2D eigenvalue weighted by Crippen LogP contribution is -2.49. The molecule has 4 heteroatoms. The Kier molecular flexibility index (Phi) is 4.62. The van der Waals surface area contributed by atoms with Gasteiger partial charge >= 0.3 is 6.03 Å². The van der Waals surface area contributed by atoms with Gasteiger partial charge in [-0.3, -0.25) is 0 Å². The summed E-state index contributed by atoms with van der Waals surface area (Å²) in [6.07, 6.45) is 6.07. The Morgan fingerprint density at radius 2 is 2.00 bits per heavy atom. The summed E-state index contributed by atoms with van der Waals surface area (Å²) in [5.74, 6) is 0.736. The first kappa shape index (κ1) is 15.7. The second-order valence-corrected chi connectivity index (χ2v) is 7.22. The average molecular weight is 321 g/mol. The fraction of sp³-hybridized carbons (Fsp3) is 0.611. The van der Waals surface area contributed by atoms with Crippen LogP contribution in [0.25, 0.3) is 0 Å². The number of hydrogen-bond donors (Lipinski definition) is 1. The summed E-state index contributed by atoms with van der Waals surface area (Å²) in [4.78, 5) is 14.4. The number of amides is 2. The van der Waals surface area contributed by atoms with E-state index in [0.717, 1.165) is 43.4 Å². The van der Waals surface area contributed by atoms with Crippen LogP contribution in [0.3, 0.4) is 0 Å². The molecular weight excluding hydrogens is 296 g/mol. The maximum atomic E-state index is 12.4. The van der Waals surface area contributed by atoms with Crippen molar-refractivity contribution < 1.29 is 4.79 Å². The molecule has 3 rings (SSSR count). The zero-order valence-electron chi connectivity index (χ0n) is 13.3. The molecule has 0 radical (unpaired) electrons. The second-order valence-electron chi connectivity index (χ2n) is 6.78. The van der Waals surface area contributed by atoms with Crippen LogP contribution in [0.5, 0.6) is 0 Å². The van der Waals surface area contributed by atoms with Crippen LogP contribution in [0.2, 0.25) is 5.02 Å². The predicted molar refractivity (Wildman–Crippen MR) is 90.4 cm³/mol. The molecule has 2 aliphatic rings. The lowest BCUT2D eigenvalue weighted by atomic mass is 9.64. The van der Waals surface area contributed by atoms with Gasteiger partial charge in [0.05, 0.1) is 0 Å². The van der Waals surface area contributed by atoms with Crippen molar-refractivity contribution in [2.24, 2.45) is 5.92 Å². The van der Waals surface area contributed by atoms with Crippen molar-refractivity contribution in [3.05, 3.63) is 34.9 Å². The van der Waals surface area contributed by atoms with Gasteiger partial charge in [0.15, 0.2) is 0 Å². The molecule has 1 aromatic rings. The Hall–Kier alpha value is -1.22. The van der Waals surface area contributed by atoms with Crippen LogP contribution in [-0.4, -0.2) is 30.6 Å². The van der Waals surface area contributed by atoms with Crippen LogP contribution in [0.4, 0.5) is 4.79 Å². The van der Waals surface area contributed by atoms with E-state index in [1.54, 1.807) is 0 Å². The summed E-state index contributed by atoms with van der Waals surface area (Å²) < 4.78 is 0. The first-order valence-electron chi connectivity index (χ1n) is 8.42. The van der Waals surface area contributed by atoms with Gasteiger partial charge in [0, 0.05) is 30.1 Å². The number of benzene rings is 1. The molecule has 1 N–H and O–H groups in total. The van der Waals surface area contributed by atoms with Gasteiger partial charge in [-0.25, -0.2) is 4.79 Å². The van der Waals surface area contributed by atoms with Crippen LogP contribution in [-0.2, 0) is 5.41 Å². The van der Waals surface area contributed by atoms with Gasteiger partial charge in [0.2, 0.25) is 0 Å². The fourth-order valence-corrected chi connectivity index (χ4v) is 3.42. The first-order chi connectivity index (χ1) is 10.6. The second kappa shape index (κ2) is 6.49. The third-order valence-electron chi connectivity index (χ3n) is 5.19. The lowest BCUT2D eigenvalue weighted by Gasteiger charge is -2.43. The van der Waals surface area contributed by atoms with E-state index in [2.05, 4.69) is 24.4 Å². The Morgan fingerprint density at radius 1 is 1.32 bits per heavy atom. The molecule has 0 heterocycles. The topological polar surface area (TPSA) is 32.3 Å². The van der Waals surface area contributed by atoms with Gasteiger partial charge in [0.1, 0.15) is 0 Å². The highest BCUT2D eigenvalue weighted by molar-refractivity contribution is 6.30. The van der Waals surface area contributed by atoms with E-state index in [1.807, 2.05) is 17.0 Å². The lowest BCUT2D eigenvalue weighted by molar-refractivity contribution is 0.183. The SMILES string of the molecule is CCN(CC1CC1)C(=O)NCC1(c2ccc(Cl)cc2)CCC1. The van der Waals surface area contributed by atoms with E-state index >= 15 is 0 Å². The highest BCUT2D eigenvalue weighted by atomic mass is 35.5. The maximum absolute atomic E-state index is 12.4. The van der Waals surface area contributed by atoms with Crippen molar-refractivity contribution in [1.29, 1.82) is 0 Å². The summed E-state index contributed by atoms with van der Waals surface area (Å²) in [5.41, 5.74) is 1.41. The molecule has 2 amide bonds. The zero-order chi connectivity index (χ0) is 15.6. The maximum Gasteiger partial charge on any atom is 0.317 e. The number of urea groups is 1. The fourth-order valence-electron chi connectivity index (χ4n) is 3.30. The van der Waals surface area contributed by atoms with Gasteiger partial charge in [-0.05, 0) is 56.2 Å². The Bertz CT molecular complexity index is 520. The standard InChI is InChI=1S/C18H25ClN2O/c1-2-21(12-14-4-5-14)17(22)20-13-18(10-3-11-18)15-6-8-16(19)9-7-15/h6-9,14H,2-5,10-13H2,1H3,(H,20,22). The Morgan fingerprint density at radius 3 is 2.50 bits per heavy atom. The van der Waals surface area contributed by atoms with Crippen molar-refractivity contribution in [1.82, 2.24) is 10.2 Å². The molecule has 0 aliphatic heterocycles. The van der Waals surface area contributed by atoms with Crippen molar-refractivity contribution in [2.75, 3.05) is 19.6 Å². The van der Waals surface area contributed by atoms with Crippen molar-refractivity contribution in [3.8, 4) is 0 Å². The van der Waals surface area contributed by atoms with E-state index in [4.69, 9.17) is 11.6 Å². The van der Waals surface area contributed by atoms with Crippen molar-refractivity contribution in [3.63, 3.8) is 0 Å². The van der Waals surface area contributed by atoms with Gasteiger partial charge in [-0.1, -0.05) is 30.2 Å². The highest BCUT2D eigenvalue weighted by Crippen LogP contribution is 2.43. The van der Waals surface area contributed by atoms with E-state index in [9.17, 15) is 4.79 Å². The third kappa shape index (κ3) is 3.40. The molecule has 0 spiro atoms. The number of hydrogen-bond acceptors (Lipinski definition) is 1. The molecule has 0 aromatic heterocycles. The molecule has 120 valence electrons. The van der Waals surface area contributed by atoms with Crippen LogP contribution in [0.1, 0.15) is 44.6 Å². The quantitative estimate of drug-likeness (QED) is 0.837. The first-order valence-corrected chi connectivity index (χ1v) is 8.79. The van der Waals surface area contributed by atoms with E-state index in [0.29, 0.717) is 0 Å². The smallest absolute Gasteiger partial charge is 0.317 e. The number of nitrogens with one attached hydrogen (secondary N) is 1. The number of rotatable bonds is 6. The minimum atomic E-state index is 0.0923. The molecule has 2 fully saturated rings. The monoisotopic (exact) mass is 320 g/mol. The minimum Gasteiger partial charge on any atom is -0.337 e. The summed E-state index contributed by atoms with van der Waals surface area (Å²) in [7, 11) is 0. The average Bonchev–Trinajstić information content (AvgIpc) is 3.29. The molecule has 2 saturated carbocycles. The van der Waals surface area contributed by atoms with Crippen LogP contribution < -0.4 is 5.32 Å². The summed E-state index contributed by atoms with van der Waals surface area (Å²) in [6, 6.07) is 8.20. The van der Waals surface area contributed by atoms with E-state index < -0.39 is 0 Å². The highest BCUT2D eigenvalue weighted by Gasteiger charge is 2.39. The van der Waals surface area contributed by atoms with Crippen LogP contribution in [0, 0.1) is 5.92 Å². The Balaban J connectivity index is 1.60. The van der Waals surface area contributed by atoms with Crippen molar-refractivity contribution >= 4 is 17.6 Å². The zero-order valence-corrected chi connectivity index (χ0v) is 14.0. The van der Waals surface area contributed by atoms with Crippen LogP contribution >= 0.6 is 11.6 Å². The summed E-state index contributed by atoms with van der Waals surface area (Å²) in [5, 5.41) is 3.94. The van der Waals surface area contributed by atoms with Gasteiger partial charge in [-0.2, -0.15) is 0 Å². The van der Waals surface area contributed by atoms with Crippen molar-refractivity contribution in [2.45, 2.75) is 44.4 Å². The van der Waals surface area contributed by atoms with Gasteiger partial charge < -0.3 is 10.2 Å². The van der Waals surface area contributed by atoms with Crippen LogP contribution in [0.15, 0.2) is 24.3 Å². The molecule has 22 heavy (non-hydrogen) atoms. The number of carbonyl (C=O) groups is 1. The molecule has 0 atom stereocenters. The molecular formula is C18H25ClN2O. The molecule has 0 saturated heterocycles. The largest absolute Gasteiger partial charge is 0.337 e.